The summed E-state index contributed by atoms with van der Waals surface area (Å²) >= 11 is 11.0. The van der Waals surface area contributed by atoms with Crippen LogP contribution in [0.1, 0.15) is 11.4 Å². The van der Waals surface area contributed by atoms with E-state index in [9.17, 15) is 0 Å². The molecular weight excluding hydrogens is 209 g/mol. The molecule has 5 heteroatoms. The van der Waals surface area contributed by atoms with Gasteiger partial charge in [0.2, 0.25) is 0 Å². The average Bonchev–Trinajstić information content (AvgIpc) is 2.29. The van der Waals surface area contributed by atoms with Crippen LogP contribution >= 0.6 is 23.2 Å². The van der Waals surface area contributed by atoms with Gasteiger partial charge in [-0.15, -0.1) is 0 Å². The molecule has 2 N–H and O–H groups in total. The highest BCUT2D eigenvalue weighted by Gasteiger charge is 2.06. The lowest BCUT2D eigenvalue weighted by atomic mass is 10.3. The molecule has 0 amide bonds. The summed E-state index contributed by atoms with van der Waals surface area (Å²) in [6, 6.07) is 0. The summed E-state index contributed by atoms with van der Waals surface area (Å²) in [6.45, 7) is 4.32. The maximum atomic E-state index is 5.74. The SMILES string of the molecule is Cc1nn(CC=C(Cl)Cl)c(C)c1N. The van der Waals surface area contributed by atoms with E-state index in [-0.39, 0.29) is 4.49 Å². The van der Waals surface area contributed by atoms with Crippen molar-refractivity contribution in [3.05, 3.63) is 22.0 Å². The summed E-state index contributed by atoms with van der Waals surface area (Å²) in [4.78, 5) is 0. The number of aromatic nitrogens is 2. The van der Waals surface area contributed by atoms with Gasteiger partial charge in [0.15, 0.2) is 0 Å². The Balaban J connectivity index is 2.90. The Hall–Kier alpha value is -0.670. The summed E-state index contributed by atoms with van der Waals surface area (Å²) in [7, 11) is 0. The minimum Gasteiger partial charge on any atom is -0.396 e. The molecule has 0 radical (unpaired) electrons. The van der Waals surface area contributed by atoms with Crippen LogP contribution in [0.5, 0.6) is 0 Å². The zero-order valence-corrected chi connectivity index (χ0v) is 9.02. The van der Waals surface area contributed by atoms with Gasteiger partial charge in [-0.3, -0.25) is 4.68 Å². The molecule has 0 aliphatic carbocycles. The number of hydrogen-bond acceptors (Lipinski definition) is 2. The number of rotatable bonds is 2. The highest BCUT2D eigenvalue weighted by molar-refractivity contribution is 6.55. The molecule has 0 unspecified atom stereocenters. The third kappa shape index (κ3) is 2.39. The van der Waals surface area contributed by atoms with Crippen molar-refractivity contribution in [3.63, 3.8) is 0 Å². The third-order valence-corrected chi connectivity index (χ3v) is 2.16. The first-order valence-electron chi connectivity index (χ1n) is 3.83. The lowest BCUT2D eigenvalue weighted by Crippen LogP contribution is -2.00. The number of nitrogen functional groups attached to an aromatic ring is 1. The molecule has 0 atom stereocenters. The van der Waals surface area contributed by atoms with Crippen molar-refractivity contribution >= 4 is 28.9 Å². The summed E-state index contributed by atoms with van der Waals surface area (Å²) in [5.41, 5.74) is 8.22. The van der Waals surface area contributed by atoms with Crippen LogP contribution in [0.4, 0.5) is 5.69 Å². The Morgan fingerprint density at radius 3 is 2.54 bits per heavy atom. The van der Waals surface area contributed by atoms with Crippen molar-refractivity contribution < 1.29 is 0 Å². The molecule has 0 bridgehead atoms. The quantitative estimate of drug-likeness (QED) is 0.831. The predicted octanol–water partition coefficient (Wildman–Crippen LogP) is 2.40. The highest BCUT2D eigenvalue weighted by Crippen LogP contribution is 2.15. The fourth-order valence-corrected chi connectivity index (χ4v) is 1.18. The van der Waals surface area contributed by atoms with Crippen molar-refractivity contribution in [3.8, 4) is 0 Å². The molecular formula is C8H11Cl2N3. The normalized spacial score (nSPS) is 10.2. The fourth-order valence-electron chi connectivity index (χ4n) is 1.04. The third-order valence-electron chi connectivity index (χ3n) is 1.86. The van der Waals surface area contributed by atoms with Crippen LogP contribution < -0.4 is 5.73 Å². The topological polar surface area (TPSA) is 43.8 Å². The second-order valence-electron chi connectivity index (χ2n) is 2.76. The molecule has 0 saturated heterocycles. The van der Waals surface area contributed by atoms with E-state index in [2.05, 4.69) is 5.10 Å². The van der Waals surface area contributed by atoms with E-state index in [1.807, 2.05) is 13.8 Å². The molecule has 1 rings (SSSR count). The molecule has 72 valence electrons. The first kappa shape index (κ1) is 10.4. The van der Waals surface area contributed by atoms with E-state index in [4.69, 9.17) is 28.9 Å². The van der Waals surface area contributed by atoms with E-state index in [1.54, 1.807) is 10.8 Å². The van der Waals surface area contributed by atoms with E-state index in [0.717, 1.165) is 17.1 Å². The number of halogens is 2. The highest BCUT2D eigenvalue weighted by atomic mass is 35.5. The Kier molecular flexibility index (Phi) is 3.22. The summed E-state index contributed by atoms with van der Waals surface area (Å²) in [5.74, 6) is 0. The molecule has 0 aliphatic heterocycles. The van der Waals surface area contributed by atoms with Gasteiger partial charge in [0.1, 0.15) is 4.49 Å². The van der Waals surface area contributed by atoms with Gasteiger partial charge >= 0.3 is 0 Å². The van der Waals surface area contributed by atoms with Gasteiger partial charge in [-0.1, -0.05) is 23.2 Å². The largest absolute Gasteiger partial charge is 0.396 e. The van der Waals surface area contributed by atoms with Crippen molar-refractivity contribution in [1.82, 2.24) is 9.78 Å². The molecule has 3 nitrogen and oxygen atoms in total. The van der Waals surface area contributed by atoms with E-state index < -0.39 is 0 Å². The predicted molar refractivity (Wildman–Crippen MR) is 55.9 cm³/mol. The molecule has 0 aliphatic rings. The fraction of sp³-hybridized carbons (Fsp3) is 0.375. The molecule has 0 fully saturated rings. The van der Waals surface area contributed by atoms with Crippen LogP contribution in [0.2, 0.25) is 0 Å². The van der Waals surface area contributed by atoms with Crippen LogP contribution in [-0.2, 0) is 6.54 Å². The van der Waals surface area contributed by atoms with Gasteiger partial charge in [0.25, 0.3) is 0 Å². The molecule has 0 saturated carbocycles. The van der Waals surface area contributed by atoms with Crippen LogP contribution in [0.15, 0.2) is 10.6 Å². The molecule has 13 heavy (non-hydrogen) atoms. The second-order valence-corrected chi connectivity index (χ2v) is 3.77. The number of nitrogens with two attached hydrogens (primary N) is 1. The van der Waals surface area contributed by atoms with Crippen LogP contribution in [0.3, 0.4) is 0 Å². The number of hydrogen-bond donors (Lipinski definition) is 1. The maximum absolute atomic E-state index is 5.74. The van der Waals surface area contributed by atoms with Crippen molar-refractivity contribution in [2.45, 2.75) is 20.4 Å². The lowest BCUT2D eigenvalue weighted by Gasteiger charge is -1.98. The lowest BCUT2D eigenvalue weighted by molar-refractivity contribution is 0.672. The average molecular weight is 220 g/mol. The van der Waals surface area contributed by atoms with Gasteiger partial charge in [0.05, 0.1) is 23.6 Å². The van der Waals surface area contributed by atoms with Gasteiger partial charge in [-0.05, 0) is 19.9 Å². The van der Waals surface area contributed by atoms with E-state index >= 15 is 0 Å². The Morgan fingerprint density at radius 1 is 1.54 bits per heavy atom. The van der Waals surface area contributed by atoms with Crippen LogP contribution in [0, 0.1) is 13.8 Å². The minimum atomic E-state index is 0.242. The van der Waals surface area contributed by atoms with Gasteiger partial charge in [-0.25, -0.2) is 0 Å². The van der Waals surface area contributed by atoms with Crippen molar-refractivity contribution in [2.75, 3.05) is 5.73 Å². The smallest absolute Gasteiger partial charge is 0.104 e. The number of nitrogens with zero attached hydrogens (tertiary/aromatic N) is 2. The Morgan fingerprint density at radius 2 is 2.15 bits per heavy atom. The maximum Gasteiger partial charge on any atom is 0.104 e. The summed E-state index contributed by atoms with van der Waals surface area (Å²) < 4.78 is 2.00. The Labute approximate surface area is 87.1 Å². The van der Waals surface area contributed by atoms with Crippen LogP contribution in [-0.4, -0.2) is 9.78 Å². The molecule has 1 aromatic heterocycles. The molecule has 0 spiro atoms. The number of anilines is 1. The number of aryl methyl sites for hydroxylation is 1. The zero-order chi connectivity index (χ0) is 10.0. The standard InChI is InChI=1S/C8H11Cl2N3/c1-5-8(11)6(2)13(12-5)4-3-7(9)10/h3H,4,11H2,1-2H3. The Bertz CT molecular complexity index is 337. The van der Waals surface area contributed by atoms with Crippen molar-refractivity contribution in [2.24, 2.45) is 0 Å². The molecule has 1 heterocycles. The van der Waals surface area contributed by atoms with Crippen LogP contribution in [0.25, 0.3) is 0 Å². The van der Waals surface area contributed by atoms with Crippen molar-refractivity contribution in [1.29, 1.82) is 0 Å². The second kappa shape index (κ2) is 4.03. The van der Waals surface area contributed by atoms with Gasteiger partial charge < -0.3 is 5.73 Å². The van der Waals surface area contributed by atoms with E-state index in [0.29, 0.717) is 6.54 Å². The minimum absolute atomic E-state index is 0.242. The number of allylic oxidation sites excluding steroid dienone is 1. The molecule has 1 aromatic rings. The van der Waals surface area contributed by atoms with Gasteiger partial charge in [-0.2, -0.15) is 5.10 Å². The molecule has 0 aromatic carbocycles. The van der Waals surface area contributed by atoms with E-state index in [1.165, 1.54) is 0 Å². The monoisotopic (exact) mass is 219 g/mol. The summed E-state index contributed by atoms with van der Waals surface area (Å²) in [6.07, 6.45) is 1.67. The first-order valence-corrected chi connectivity index (χ1v) is 4.58. The first-order chi connectivity index (χ1) is 6.02. The van der Waals surface area contributed by atoms with Gasteiger partial charge in [0, 0.05) is 0 Å². The summed E-state index contributed by atoms with van der Waals surface area (Å²) in [5, 5.41) is 4.21. The zero-order valence-electron chi connectivity index (χ0n) is 7.51.